The molecule has 0 fully saturated rings. The van der Waals surface area contributed by atoms with E-state index in [1.807, 2.05) is 22.9 Å². The van der Waals surface area contributed by atoms with Crippen LogP contribution in [0, 0.1) is 11.3 Å². The molecule has 0 atom stereocenters. The molecule has 3 heteroatoms. The zero-order chi connectivity index (χ0) is 11.7. The molecule has 17 heavy (non-hydrogen) atoms. The van der Waals surface area contributed by atoms with E-state index in [0.717, 1.165) is 6.54 Å². The van der Waals surface area contributed by atoms with Crippen molar-refractivity contribution in [2.75, 3.05) is 0 Å². The van der Waals surface area contributed by atoms with E-state index in [2.05, 4.69) is 35.7 Å². The molecule has 0 unspecified atom stereocenters. The van der Waals surface area contributed by atoms with Crippen molar-refractivity contribution in [2.45, 2.75) is 6.54 Å². The summed E-state index contributed by atoms with van der Waals surface area (Å²) in [5, 5.41) is 12.4. The minimum atomic E-state index is 0.709. The maximum atomic E-state index is 8.98. The van der Waals surface area contributed by atoms with Crippen LogP contribution in [0.15, 0.2) is 48.0 Å². The molecular weight excluding hydrogens is 228 g/mol. The standard InChI is InChI=1S/C14H10N2S/c15-8-12-4-3-7-16(12)9-11-10-17-14-6-2-1-5-13(11)14/h1-7,10H,9H2. The van der Waals surface area contributed by atoms with Gasteiger partial charge in [-0.15, -0.1) is 11.3 Å². The summed E-state index contributed by atoms with van der Waals surface area (Å²) >= 11 is 1.75. The molecule has 3 rings (SSSR count). The summed E-state index contributed by atoms with van der Waals surface area (Å²) in [4.78, 5) is 0. The Morgan fingerprint density at radius 3 is 2.94 bits per heavy atom. The highest BCUT2D eigenvalue weighted by molar-refractivity contribution is 7.17. The Morgan fingerprint density at radius 1 is 1.18 bits per heavy atom. The van der Waals surface area contributed by atoms with Crippen molar-refractivity contribution < 1.29 is 0 Å². The van der Waals surface area contributed by atoms with Gasteiger partial charge in [-0.3, -0.25) is 0 Å². The topological polar surface area (TPSA) is 28.7 Å². The number of nitriles is 1. The smallest absolute Gasteiger partial charge is 0.120 e. The quantitative estimate of drug-likeness (QED) is 0.670. The molecule has 0 aliphatic rings. The molecule has 82 valence electrons. The third-order valence-electron chi connectivity index (χ3n) is 2.85. The van der Waals surface area contributed by atoms with Crippen molar-refractivity contribution in [1.82, 2.24) is 4.57 Å². The minimum Gasteiger partial charge on any atom is -0.335 e. The fourth-order valence-corrected chi connectivity index (χ4v) is 2.95. The molecule has 0 amide bonds. The van der Waals surface area contributed by atoms with Crippen molar-refractivity contribution in [1.29, 1.82) is 5.26 Å². The number of fused-ring (bicyclic) bond motifs is 1. The number of rotatable bonds is 2. The Labute approximate surface area is 103 Å². The summed E-state index contributed by atoms with van der Waals surface area (Å²) in [6.07, 6.45) is 1.95. The van der Waals surface area contributed by atoms with Gasteiger partial charge >= 0.3 is 0 Å². The zero-order valence-electron chi connectivity index (χ0n) is 9.13. The van der Waals surface area contributed by atoms with Crippen LogP contribution in [-0.2, 0) is 6.54 Å². The second kappa shape index (κ2) is 4.08. The molecule has 0 aliphatic heterocycles. The van der Waals surface area contributed by atoms with Gasteiger partial charge in [-0.05, 0) is 34.5 Å². The fraction of sp³-hybridized carbons (Fsp3) is 0.0714. The highest BCUT2D eigenvalue weighted by Gasteiger charge is 2.05. The lowest BCUT2D eigenvalue weighted by Gasteiger charge is -2.03. The molecule has 2 aromatic heterocycles. The second-order valence-electron chi connectivity index (χ2n) is 3.89. The molecule has 1 aromatic carbocycles. The molecule has 3 aromatic rings. The van der Waals surface area contributed by atoms with Crippen LogP contribution in [0.3, 0.4) is 0 Å². The van der Waals surface area contributed by atoms with Gasteiger partial charge in [0.05, 0.1) is 0 Å². The molecular formula is C14H10N2S. The van der Waals surface area contributed by atoms with Crippen LogP contribution < -0.4 is 0 Å². The first-order valence-electron chi connectivity index (χ1n) is 5.39. The van der Waals surface area contributed by atoms with Gasteiger partial charge in [0.15, 0.2) is 0 Å². The van der Waals surface area contributed by atoms with E-state index < -0.39 is 0 Å². The average Bonchev–Trinajstić information content (AvgIpc) is 2.97. The molecule has 2 nitrogen and oxygen atoms in total. The zero-order valence-corrected chi connectivity index (χ0v) is 9.95. The highest BCUT2D eigenvalue weighted by atomic mass is 32.1. The third kappa shape index (κ3) is 1.73. The summed E-state index contributed by atoms with van der Waals surface area (Å²) in [5.74, 6) is 0. The molecule has 0 radical (unpaired) electrons. The van der Waals surface area contributed by atoms with Gasteiger partial charge in [-0.2, -0.15) is 5.26 Å². The van der Waals surface area contributed by atoms with Crippen molar-refractivity contribution >= 4 is 21.4 Å². The molecule has 2 heterocycles. The fourth-order valence-electron chi connectivity index (χ4n) is 1.99. The van der Waals surface area contributed by atoms with Gasteiger partial charge in [0.1, 0.15) is 11.8 Å². The van der Waals surface area contributed by atoms with Gasteiger partial charge in [0, 0.05) is 17.4 Å². The molecule has 0 aliphatic carbocycles. The number of hydrogen-bond donors (Lipinski definition) is 0. The van der Waals surface area contributed by atoms with Crippen LogP contribution in [0.2, 0.25) is 0 Å². The van der Waals surface area contributed by atoms with Crippen LogP contribution in [0.25, 0.3) is 10.1 Å². The number of hydrogen-bond acceptors (Lipinski definition) is 2. The number of nitrogens with zero attached hydrogens (tertiary/aromatic N) is 2. The van der Waals surface area contributed by atoms with E-state index in [0.29, 0.717) is 5.69 Å². The Hall–Kier alpha value is -2.05. The van der Waals surface area contributed by atoms with E-state index in [4.69, 9.17) is 5.26 Å². The lowest BCUT2D eigenvalue weighted by Crippen LogP contribution is -1.99. The summed E-state index contributed by atoms with van der Waals surface area (Å²) in [6, 6.07) is 14.3. The summed E-state index contributed by atoms with van der Waals surface area (Å²) in [7, 11) is 0. The van der Waals surface area contributed by atoms with Crippen molar-refractivity contribution in [3.63, 3.8) is 0 Å². The average molecular weight is 238 g/mol. The number of benzene rings is 1. The molecule has 0 spiro atoms. The first-order chi connectivity index (χ1) is 8.38. The number of thiophene rings is 1. The van der Waals surface area contributed by atoms with Crippen LogP contribution in [0.4, 0.5) is 0 Å². The van der Waals surface area contributed by atoms with E-state index in [1.165, 1.54) is 15.6 Å². The van der Waals surface area contributed by atoms with E-state index in [-0.39, 0.29) is 0 Å². The van der Waals surface area contributed by atoms with Crippen molar-refractivity contribution in [3.05, 3.63) is 59.2 Å². The maximum Gasteiger partial charge on any atom is 0.120 e. The predicted molar refractivity (Wildman–Crippen MR) is 70.1 cm³/mol. The lowest BCUT2D eigenvalue weighted by molar-refractivity contribution is 0.801. The molecule has 0 N–H and O–H groups in total. The Kier molecular flexibility index (Phi) is 2.43. The van der Waals surface area contributed by atoms with Crippen LogP contribution >= 0.6 is 11.3 Å². The lowest BCUT2D eigenvalue weighted by atomic mass is 10.2. The first kappa shape index (κ1) is 10.1. The van der Waals surface area contributed by atoms with Gasteiger partial charge in [0.2, 0.25) is 0 Å². The molecule has 0 bridgehead atoms. The largest absolute Gasteiger partial charge is 0.335 e. The Morgan fingerprint density at radius 2 is 2.06 bits per heavy atom. The predicted octanol–water partition coefficient (Wildman–Crippen LogP) is 3.62. The minimum absolute atomic E-state index is 0.709. The summed E-state index contributed by atoms with van der Waals surface area (Å²) in [5.41, 5.74) is 1.98. The normalized spacial score (nSPS) is 10.5. The third-order valence-corrected chi connectivity index (χ3v) is 3.86. The first-order valence-corrected chi connectivity index (χ1v) is 6.27. The Balaban J connectivity index is 2.04. The number of aromatic nitrogens is 1. The van der Waals surface area contributed by atoms with E-state index in [1.54, 1.807) is 11.3 Å². The van der Waals surface area contributed by atoms with Crippen LogP contribution in [-0.4, -0.2) is 4.57 Å². The molecule has 0 saturated carbocycles. The van der Waals surface area contributed by atoms with Crippen LogP contribution in [0.1, 0.15) is 11.3 Å². The van der Waals surface area contributed by atoms with Gasteiger partial charge in [0.25, 0.3) is 0 Å². The van der Waals surface area contributed by atoms with Gasteiger partial charge < -0.3 is 4.57 Å². The van der Waals surface area contributed by atoms with E-state index >= 15 is 0 Å². The van der Waals surface area contributed by atoms with E-state index in [9.17, 15) is 0 Å². The van der Waals surface area contributed by atoms with Gasteiger partial charge in [-0.1, -0.05) is 18.2 Å². The highest BCUT2D eigenvalue weighted by Crippen LogP contribution is 2.26. The van der Waals surface area contributed by atoms with Gasteiger partial charge in [-0.25, -0.2) is 0 Å². The summed E-state index contributed by atoms with van der Waals surface area (Å²) < 4.78 is 3.28. The van der Waals surface area contributed by atoms with Crippen LogP contribution in [0.5, 0.6) is 0 Å². The van der Waals surface area contributed by atoms with Crippen molar-refractivity contribution in [2.24, 2.45) is 0 Å². The molecule has 0 saturated heterocycles. The Bertz CT molecular complexity index is 700. The SMILES string of the molecule is N#Cc1cccn1Cc1csc2ccccc12. The summed E-state index contributed by atoms with van der Waals surface area (Å²) in [6.45, 7) is 0.764. The monoisotopic (exact) mass is 238 g/mol. The maximum absolute atomic E-state index is 8.98. The van der Waals surface area contributed by atoms with Crippen molar-refractivity contribution in [3.8, 4) is 6.07 Å². The second-order valence-corrected chi connectivity index (χ2v) is 4.80.